The summed E-state index contributed by atoms with van der Waals surface area (Å²) in [5.41, 5.74) is 1.19. The van der Waals surface area contributed by atoms with Gasteiger partial charge in [-0.2, -0.15) is 4.98 Å². The third-order valence-electron chi connectivity index (χ3n) is 3.09. The molecule has 0 aliphatic heterocycles. The highest BCUT2D eigenvalue weighted by Gasteiger charge is 2.10. The van der Waals surface area contributed by atoms with Gasteiger partial charge >= 0.3 is 0 Å². The molecular weight excluding hydrogens is 310 g/mol. The topological polar surface area (TPSA) is 64.1 Å². The van der Waals surface area contributed by atoms with Gasteiger partial charge in [0.15, 0.2) is 5.16 Å². The van der Waals surface area contributed by atoms with Gasteiger partial charge in [0.1, 0.15) is 5.82 Å². The van der Waals surface area contributed by atoms with Gasteiger partial charge in [-0.1, -0.05) is 49.0 Å². The first-order chi connectivity index (χ1) is 11.1. The van der Waals surface area contributed by atoms with Crippen LogP contribution < -0.4 is 10.1 Å². The summed E-state index contributed by atoms with van der Waals surface area (Å²) in [5.74, 6) is 1.53. The van der Waals surface area contributed by atoms with Gasteiger partial charge in [-0.25, -0.2) is 4.98 Å². The van der Waals surface area contributed by atoms with Crippen LogP contribution >= 0.6 is 11.8 Å². The Morgan fingerprint density at radius 3 is 2.70 bits per heavy atom. The van der Waals surface area contributed by atoms with Gasteiger partial charge in [0.2, 0.25) is 11.8 Å². The molecule has 1 amide bonds. The van der Waals surface area contributed by atoms with E-state index in [4.69, 9.17) is 4.74 Å². The molecule has 2 rings (SSSR count). The highest BCUT2D eigenvalue weighted by molar-refractivity contribution is 7.98. The number of carbonyl (C=O) groups excluding carboxylic acids is 1. The molecular formula is C17H21N3O2S. The maximum atomic E-state index is 11.3. The largest absolute Gasteiger partial charge is 0.475 e. The fourth-order valence-electron chi connectivity index (χ4n) is 1.78. The van der Waals surface area contributed by atoms with Crippen LogP contribution in [0.15, 0.2) is 41.6 Å². The lowest BCUT2D eigenvalue weighted by Gasteiger charge is -2.13. The second-order valence-corrected chi connectivity index (χ2v) is 6.11. The Kier molecular flexibility index (Phi) is 6.40. The fourth-order valence-corrected chi connectivity index (χ4v) is 2.59. The zero-order valence-electron chi connectivity index (χ0n) is 13.6. The van der Waals surface area contributed by atoms with Crippen molar-refractivity contribution >= 4 is 23.5 Å². The number of benzene rings is 1. The number of ether oxygens (including phenoxy) is 1. The summed E-state index contributed by atoms with van der Waals surface area (Å²) >= 11 is 1.51. The van der Waals surface area contributed by atoms with Crippen LogP contribution in [0.5, 0.6) is 5.88 Å². The maximum absolute atomic E-state index is 11.3. The molecule has 1 aromatic heterocycles. The SMILES string of the molecule is CC[C@@H](C)Oc1cc(NC(C)=O)nc(SCc2ccccc2)n1. The van der Waals surface area contributed by atoms with Crippen molar-refractivity contribution in [2.75, 3.05) is 5.32 Å². The molecule has 0 saturated carbocycles. The Hall–Kier alpha value is -2.08. The minimum atomic E-state index is -0.169. The number of thioether (sulfide) groups is 1. The number of hydrogen-bond donors (Lipinski definition) is 1. The molecule has 0 aliphatic carbocycles. The van der Waals surface area contributed by atoms with E-state index in [2.05, 4.69) is 27.4 Å². The molecule has 0 fully saturated rings. The van der Waals surface area contributed by atoms with Crippen LogP contribution in [-0.2, 0) is 10.5 Å². The first-order valence-electron chi connectivity index (χ1n) is 7.57. The third kappa shape index (κ3) is 5.90. The van der Waals surface area contributed by atoms with Crippen LogP contribution in [-0.4, -0.2) is 22.0 Å². The highest BCUT2D eigenvalue weighted by atomic mass is 32.2. The molecule has 0 aliphatic rings. The molecule has 5 nitrogen and oxygen atoms in total. The van der Waals surface area contributed by atoms with Crippen LogP contribution in [0, 0.1) is 0 Å². The maximum Gasteiger partial charge on any atom is 0.222 e. The molecule has 0 saturated heterocycles. The number of rotatable bonds is 7. The summed E-state index contributed by atoms with van der Waals surface area (Å²) in [6.07, 6.45) is 0.938. The van der Waals surface area contributed by atoms with Crippen molar-refractivity contribution in [1.82, 2.24) is 9.97 Å². The zero-order chi connectivity index (χ0) is 16.7. The van der Waals surface area contributed by atoms with E-state index in [-0.39, 0.29) is 12.0 Å². The molecule has 23 heavy (non-hydrogen) atoms. The van der Waals surface area contributed by atoms with Gasteiger partial charge < -0.3 is 10.1 Å². The molecule has 1 heterocycles. The van der Waals surface area contributed by atoms with Crippen molar-refractivity contribution in [3.63, 3.8) is 0 Å². The lowest BCUT2D eigenvalue weighted by molar-refractivity contribution is -0.114. The predicted octanol–water partition coefficient (Wildman–Crippen LogP) is 3.90. The molecule has 0 bridgehead atoms. The lowest BCUT2D eigenvalue weighted by Crippen LogP contribution is -2.13. The van der Waals surface area contributed by atoms with Gasteiger partial charge in [0.05, 0.1) is 6.10 Å². The van der Waals surface area contributed by atoms with Gasteiger partial charge in [0, 0.05) is 18.7 Å². The summed E-state index contributed by atoms with van der Waals surface area (Å²) in [7, 11) is 0. The third-order valence-corrected chi connectivity index (χ3v) is 4.01. The summed E-state index contributed by atoms with van der Waals surface area (Å²) in [6, 6.07) is 11.8. The Balaban J connectivity index is 2.15. The number of anilines is 1. The number of amides is 1. The lowest BCUT2D eigenvalue weighted by atomic mass is 10.2. The average molecular weight is 331 g/mol. The summed E-state index contributed by atoms with van der Waals surface area (Å²) < 4.78 is 5.76. The molecule has 1 atom stereocenters. The second-order valence-electron chi connectivity index (χ2n) is 5.17. The van der Waals surface area contributed by atoms with Crippen LogP contribution in [0.2, 0.25) is 0 Å². The van der Waals surface area contributed by atoms with Crippen LogP contribution in [0.3, 0.4) is 0 Å². The molecule has 0 spiro atoms. The molecule has 122 valence electrons. The van der Waals surface area contributed by atoms with E-state index in [1.165, 1.54) is 24.2 Å². The molecule has 6 heteroatoms. The van der Waals surface area contributed by atoms with Gasteiger partial charge in [-0.15, -0.1) is 0 Å². The minimum absolute atomic E-state index is 0.0575. The molecule has 0 unspecified atom stereocenters. The summed E-state index contributed by atoms with van der Waals surface area (Å²) in [5, 5.41) is 3.27. The summed E-state index contributed by atoms with van der Waals surface area (Å²) in [4.78, 5) is 20.1. The van der Waals surface area contributed by atoms with E-state index in [0.29, 0.717) is 16.9 Å². The second kappa shape index (κ2) is 8.53. The monoisotopic (exact) mass is 331 g/mol. The van der Waals surface area contributed by atoms with Crippen molar-refractivity contribution in [2.24, 2.45) is 0 Å². The Labute approximate surface area is 140 Å². The standard InChI is InChI=1S/C17H21N3O2S/c1-4-12(2)22-16-10-15(18-13(3)21)19-17(20-16)23-11-14-8-6-5-7-9-14/h5-10,12H,4,11H2,1-3H3,(H,18,19,20,21)/t12-/m1/s1. The normalized spacial score (nSPS) is 11.8. The molecule has 1 aromatic carbocycles. The number of carbonyl (C=O) groups is 1. The van der Waals surface area contributed by atoms with Gasteiger partial charge in [-0.3, -0.25) is 4.79 Å². The predicted molar refractivity (Wildman–Crippen MR) is 92.7 cm³/mol. The van der Waals surface area contributed by atoms with Crippen molar-refractivity contribution in [3.05, 3.63) is 42.0 Å². The van der Waals surface area contributed by atoms with Gasteiger partial charge in [0.25, 0.3) is 0 Å². The van der Waals surface area contributed by atoms with Crippen LogP contribution in [0.25, 0.3) is 0 Å². The van der Waals surface area contributed by atoms with E-state index in [1.54, 1.807) is 6.07 Å². The fraction of sp³-hybridized carbons (Fsp3) is 0.353. The van der Waals surface area contributed by atoms with Crippen LogP contribution in [0.4, 0.5) is 5.82 Å². The first-order valence-corrected chi connectivity index (χ1v) is 8.55. The zero-order valence-corrected chi connectivity index (χ0v) is 14.4. The van der Waals surface area contributed by atoms with Crippen molar-refractivity contribution < 1.29 is 9.53 Å². The summed E-state index contributed by atoms with van der Waals surface area (Å²) in [6.45, 7) is 5.48. The number of aromatic nitrogens is 2. The van der Waals surface area contributed by atoms with Crippen molar-refractivity contribution in [3.8, 4) is 5.88 Å². The number of nitrogens with one attached hydrogen (secondary N) is 1. The average Bonchev–Trinajstić information content (AvgIpc) is 2.53. The first kappa shape index (κ1) is 17.3. The van der Waals surface area contributed by atoms with Crippen LogP contribution in [0.1, 0.15) is 32.8 Å². The Bertz CT molecular complexity index is 650. The van der Waals surface area contributed by atoms with E-state index in [0.717, 1.165) is 12.2 Å². The van der Waals surface area contributed by atoms with E-state index < -0.39 is 0 Å². The number of hydrogen-bond acceptors (Lipinski definition) is 5. The Morgan fingerprint density at radius 1 is 1.30 bits per heavy atom. The molecule has 1 N–H and O–H groups in total. The minimum Gasteiger partial charge on any atom is -0.475 e. The van der Waals surface area contributed by atoms with Crippen molar-refractivity contribution in [1.29, 1.82) is 0 Å². The Morgan fingerprint density at radius 2 is 2.04 bits per heavy atom. The molecule has 0 radical (unpaired) electrons. The van der Waals surface area contributed by atoms with E-state index in [9.17, 15) is 4.79 Å². The molecule has 2 aromatic rings. The highest BCUT2D eigenvalue weighted by Crippen LogP contribution is 2.24. The van der Waals surface area contributed by atoms with Crippen molar-refractivity contribution in [2.45, 2.75) is 44.2 Å². The quantitative estimate of drug-likeness (QED) is 0.616. The van der Waals surface area contributed by atoms with E-state index in [1.807, 2.05) is 32.0 Å². The van der Waals surface area contributed by atoms with E-state index >= 15 is 0 Å². The number of nitrogens with zero attached hydrogens (tertiary/aromatic N) is 2. The van der Waals surface area contributed by atoms with Gasteiger partial charge in [-0.05, 0) is 18.9 Å². The smallest absolute Gasteiger partial charge is 0.222 e.